The van der Waals surface area contributed by atoms with Crippen LogP contribution in [-0.4, -0.2) is 19.9 Å². The Hall–Kier alpha value is -1.72. The molecule has 0 aliphatic rings. The Morgan fingerprint density at radius 3 is 2.47 bits per heavy atom. The lowest BCUT2D eigenvalue weighted by Gasteiger charge is -2.05. The molecule has 0 radical (unpaired) electrons. The van der Waals surface area contributed by atoms with Crippen molar-refractivity contribution < 1.29 is 5.11 Å². The van der Waals surface area contributed by atoms with Crippen molar-refractivity contribution in [2.75, 3.05) is 0 Å². The summed E-state index contributed by atoms with van der Waals surface area (Å²) in [5.74, 6) is 0.914. The van der Waals surface area contributed by atoms with Crippen LogP contribution in [0.1, 0.15) is 17.0 Å². The van der Waals surface area contributed by atoms with Gasteiger partial charge in [-0.25, -0.2) is 0 Å². The molecule has 0 atom stereocenters. The highest BCUT2D eigenvalue weighted by atomic mass is 16.3. The zero-order valence-electron chi connectivity index (χ0n) is 9.80. The smallest absolute Gasteiger partial charge is 0.146 e. The monoisotopic (exact) mass is 232 g/mol. The molecular formula is C12H16N4O. The highest BCUT2D eigenvalue weighted by Gasteiger charge is 1.99. The average molecular weight is 232 g/mol. The van der Waals surface area contributed by atoms with Crippen LogP contribution in [0.25, 0.3) is 0 Å². The van der Waals surface area contributed by atoms with Gasteiger partial charge in [-0.1, -0.05) is 24.3 Å². The van der Waals surface area contributed by atoms with Crippen molar-refractivity contribution >= 4 is 0 Å². The van der Waals surface area contributed by atoms with E-state index in [0.717, 1.165) is 17.9 Å². The fourth-order valence-corrected chi connectivity index (χ4v) is 1.55. The largest absolute Gasteiger partial charge is 0.392 e. The molecule has 0 fully saturated rings. The van der Waals surface area contributed by atoms with Crippen LogP contribution in [0.5, 0.6) is 0 Å². The first kappa shape index (κ1) is 11.8. The molecule has 5 heteroatoms. The number of hydrogen-bond acceptors (Lipinski definition) is 4. The van der Waals surface area contributed by atoms with Crippen molar-refractivity contribution in [3.8, 4) is 0 Å². The summed E-state index contributed by atoms with van der Waals surface area (Å²) in [5.41, 5.74) is 2.12. The van der Waals surface area contributed by atoms with E-state index in [9.17, 15) is 0 Å². The summed E-state index contributed by atoms with van der Waals surface area (Å²) in [4.78, 5) is 0. The maximum Gasteiger partial charge on any atom is 0.146 e. The zero-order chi connectivity index (χ0) is 12.1. The summed E-state index contributed by atoms with van der Waals surface area (Å²) in [6.07, 6.45) is 1.69. The quantitative estimate of drug-likeness (QED) is 0.792. The molecule has 1 aromatic carbocycles. The lowest BCUT2D eigenvalue weighted by Crippen LogP contribution is -2.15. The molecule has 2 aromatic rings. The normalized spacial score (nSPS) is 10.7. The topological polar surface area (TPSA) is 63.0 Å². The van der Waals surface area contributed by atoms with Gasteiger partial charge in [0.1, 0.15) is 12.2 Å². The van der Waals surface area contributed by atoms with Gasteiger partial charge in [0.15, 0.2) is 0 Å². The summed E-state index contributed by atoms with van der Waals surface area (Å²) in [6, 6.07) is 7.88. The molecule has 0 aliphatic heterocycles. The molecule has 0 spiro atoms. The van der Waals surface area contributed by atoms with E-state index in [1.807, 2.05) is 35.9 Å². The Bertz CT molecular complexity index is 464. The van der Waals surface area contributed by atoms with Gasteiger partial charge < -0.3 is 15.0 Å². The maximum absolute atomic E-state index is 8.93. The lowest BCUT2D eigenvalue weighted by molar-refractivity contribution is 0.282. The summed E-state index contributed by atoms with van der Waals surface area (Å²) in [6.45, 7) is 1.56. The predicted molar refractivity (Wildman–Crippen MR) is 63.9 cm³/mol. The van der Waals surface area contributed by atoms with Crippen molar-refractivity contribution in [3.63, 3.8) is 0 Å². The van der Waals surface area contributed by atoms with E-state index in [2.05, 4.69) is 15.5 Å². The van der Waals surface area contributed by atoms with E-state index in [0.29, 0.717) is 6.54 Å². The van der Waals surface area contributed by atoms with Gasteiger partial charge in [-0.05, 0) is 11.1 Å². The second kappa shape index (κ2) is 5.56. The number of nitrogens with zero attached hydrogens (tertiary/aromatic N) is 3. The minimum atomic E-state index is 0.0899. The molecule has 1 aromatic heterocycles. The number of aliphatic hydroxyl groups is 1. The first-order valence-electron chi connectivity index (χ1n) is 5.52. The highest BCUT2D eigenvalue weighted by Crippen LogP contribution is 2.04. The van der Waals surface area contributed by atoms with Crippen molar-refractivity contribution in [1.29, 1.82) is 0 Å². The van der Waals surface area contributed by atoms with E-state index in [4.69, 9.17) is 5.11 Å². The SMILES string of the molecule is Cn1cnnc1CNCc1ccc(CO)cc1. The number of aliphatic hydroxyl groups excluding tert-OH is 1. The predicted octanol–water partition coefficient (Wildman–Crippen LogP) is 0.597. The average Bonchev–Trinajstić information content (AvgIpc) is 2.76. The summed E-state index contributed by atoms with van der Waals surface area (Å²) < 4.78 is 1.89. The van der Waals surface area contributed by atoms with Gasteiger partial charge in [-0.3, -0.25) is 0 Å². The fraction of sp³-hybridized carbons (Fsp3) is 0.333. The van der Waals surface area contributed by atoms with Crippen LogP contribution in [0.15, 0.2) is 30.6 Å². The number of aryl methyl sites for hydroxylation is 1. The first-order chi connectivity index (χ1) is 8.29. The summed E-state index contributed by atoms with van der Waals surface area (Å²) >= 11 is 0. The Labute approximate surface area is 100 Å². The molecule has 0 saturated carbocycles. The second-order valence-corrected chi connectivity index (χ2v) is 3.94. The van der Waals surface area contributed by atoms with Crippen LogP contribution >= 0.6 is 0 Å². The van der Waals surface area contributed by atoms with Crippen LogP contribution in [0.3, 0.4) is 0 Å². The molecular weight excluding hydrogens is 216 g/mol. The summed E-state index contributed by atoms with van der Waals surface area (Å²) in [7, 11) is 1.92. The van der Waals surface area contributed by atoms with Crippen LogP contribution in [0.2, 0.25) is 0 Å². The Kier molecular flexibility index (Phi) is 3.85. The zero-order valence-corrected chi connectivity index (χ0v) is 9.80. The number of nitrogens with one attached hydrogen (secondary N) is 1. The lowest BCUT2D eigenvalue weighted by atomic mass is 10.1. The van der Waals surface area contributed by atoms with Gasteiger partial charge in [0.25, 0.3) is 0 Å². The minimum Gasteiger partial charge on any atom is -0.392 e. The van der Waals surface area contributed by atoms with Crippen molar-refractivity contribution in [3.05, 3.63) is 47.5 Å². The molecule has 5 nitrogen and oxygen atoms in total. The molecule has 0 saturated heterocycles. The molecule has 0 aliphatic carbocycles. The van der Waals surface area contributed by atoms with Gasteiger partial charge in [-0.2, -0.15) is 0 Å². The van der Waals surface area contributed by atoms with Crippen molar-refractivity contribution in [2.45, 2.75) is 19.7 Å². The van der Waals surface area contributed by atoms with E-state index in [1.165, 1.54) is 5.56 Å². The van der Waals surface area contributed by atoms with Gasteiger partial charge in [0.2, 0.25) is 0 Å². The summed E-state index contributed by atoms with van der Waals surface area (Å²) in [5, 5.41) is 20.0. The van der Waals surface area contributed by atoms with Crippen LogP contribution in [-0.2, 0) is 26.7 Å². The number of hydrogen-bond donors (Lipinski definition) is 2. The first-order valence-corrected chi connectivity index (χ1v) is 5.52. The van der Waals surface area contributed by atoms with Gasteiger partial charge in [0.05, 0.1) is 13.2 Å². The van der Waals surface area contributed by atoms with Gasteiger partial charge >= 0.3 is 0 Å². The molecule has 2 N–H and O–H groups in total. The number of benzene rings is 1. The van der Waals surface area contributed by atoms with E-state index < -0.39 is 0 Å². The third-order valence-electron chi connectivity index (χ3n) is 2.62. The van der Waals surface area contributed by atoms with Crippen LogP contribution in [0, 0.1) is 0 Å². The van der Waals surface area contributed by atoms with E-state index >= 15 is 0 Å². The molecule has 1 heterocycles. The fourth-order valence-electron chi connectivity index (χ4n) is 1.55. The van der Waals surface area contributed by atoms with Crippen LogP contribution in [0.4, 0.5) is 0 Å². The van der Waals surface area contributed by atoms with Gasteiger partial charge in [0, 0.05) is 13.6 Å². The van der Waals surface area contributed by atoms with Gasteiger partial charge in [-0.15, -0.1) is 10.2 Å². The number of aromatic nitrogens is 3. The van der Waals surface area contributed by atoms with Crippen molar-refractivity contribution in [2.24, 2.45) is 7.05 Å². The molecule has 0 unspecified atom stereocenters. The van der Waals surface area contributed by atoms with E-state index in [-0.39, 0.29) is 6.61 Å². The van der Waals surface area contributed by atoms with Crippen LogP contribution < -0.4 is 5.32 Å². The maximum atomic E-state index is 8.93. The Morgan fingerprint density at radius 2 is 1.88 bits per heavy atom. The molecule has 0 bridgehead atoms. The molecule has 17 heavy (non-hydrogen) atoms. The second-order valence-electron chi connectivity index (χ2n) is 3.94. The third-order valence-corrected chi connectivity index (χ3v) is 2.62. The molecule has 90 valence electrons. The third kappa shape index (κ3) is 3.12. The van der Waals surface area contributed by atoms with Crippen molar-refractivity contribution in [1.82, 2.24) is 20.1 Å². The Balaban J connectivity index is 1.83. The number of rotatable bonds is 5. The minimum absolute atomic E-state index is 0.0899. The van der Waals surface area contributed by atoms with E-state index in [1.54, 1.807) is 6.33 Å². The standard InChI is InChI=1S/C12H16N4O/c1-16-9-14-15-12(16)7-13-6-10-2-4-11(8-17)5-3-10/h2-5,9,13,17H,6-8H2,1H3. The highest BCUT2D eigenvalue weighted by molar-refractivity contribution is 5.21. The Morgan fingerprint density at radius 1 is 1.18 bits per heavy atom. The molecule has 2 rings (SSSR count). The molecule has 0 amide bonds.